The number of amides is 1. The maximum atomic E-state index is 12.0. The molecule has 0 atom stereocenters. The van der Waals surface area contributed by atoms with Crippen LogP contribution in [0.4, 0.5) is 5.13 Å². The zero-order valence-corrected chi connectivity index (χ0v) is 10.1. The second-order valence-electron chi connectivity index (χ2n) is 3.44. The standard InChI is InChI=1S/C11H12N4OS/c1-7-14-15-11(17-7)13-10(16)9-5-3-2-4-8(9)6-12/h2-5H,6,12H2,1H3,(H,13,15,16). The molecule has 0 spiro atoms. The minimum absolute atomic E-state index is 0.206. The van der Waals surface area contributed by atoms with Gasteiger partial charge >= 0.3 is 0 Å². The molecule has 0 aliphatic carbocycles. The molecule has 6 heteroatoms. The second-order valence-corrected chi connectivity index (χ2v) is 4.62. The van der Waals surface area contributed by atoms with E-state index in [9.17, 15) is 4.79 Å². The van der Waals surface area contributed by atoms with Crippen LogP contribution in [0.3, 0.4) is 0 Å². The Bertz CT molecular complexity index is 538. The highest BCUT2D eigenvalue weighted by Crippen LogP contribution is 2.16. The molecule has 0 fully saturated rings. The number of aryl methyl sites for hydroxylation is 1. The van der Waals surface area contributed by atoms with E-state index in [4.69, 9.17) is 5.73 Å². The molecular formula is C11H12N4OS. The van der Waals surface area contributed by atoms with Crippen molar-refractivity contribution >= 4 is 22.4 Å². The molecule has 0 saturated heterocycles. The smallest absolute Gasteiger partial charge is 0.257 e. The summed E-state index contributed by atoms with van der Waals surface area (Å²) in [6.45, 7) is 2.17. The highest BCUT2D eigenvalue weighted by molar-refractivity contribution is 7.15. The fourth-order valence-electron chi connectivity index (χ4n) is 1.43. The van der Waals surface area contributed by atoms with Crippen molar-refractivity contribution in [1.29, 1.82) is 0 Å². The van der Waals surface area contributed by atoms with E-state index in [1.54, 1.807) is 12.1 Å². The van der Waals surface area contributed by atoms with Crippen LogP contribution in [0.1, 0.15) is 20.9 Å². The average Bonchev–Trinajstić information content (AvgIpc) is 2.74. The van der Waals surface area contributed by atoms with Gasteiger partial charge in [0.15, 0.2) is 0 Å². The van der Waals surface area contributed by atoms with Crippen LogP contribution in [0.5, 0.6) is 0 Å². The maximum absolute atomic E-state index is 12.0. The van der Waals surface area contributed by atoms with Crippen molar-refractivity contribution in [3.63, 3.8) is 0 Å². The topological polar surface area (TPSA) is 80.9 Å². The van der Waals surface area contributed by atoms with Crippen molar-refractivity contribution < 1.29 is 4.79 Å². The Morgan fingerprint density at radius 2 is 2.18 bits per heavy atom. The molecule has 1 aromatic heterocycles. The molecule has 1 heterocycles. The van der Waals surface area contributed by atoms with Crippen LogP contribution in [0.2, 0.25) is 0 Å². The summed E-state index contributed by atoms with van der Waals surface area (Å²) in [4.78, 5) is 12.0. The summed E-state index contributed by atoms with van der Waals surface area (Å²) in [5.41, 5.74) is 6.96. The summed E-state index contributed by atoms with van der Waals surface area (Å²) in [5.74, 6) is -0.206. The molecule has 0 radical (unpaired) electrons. The number of hydrogen-bond donors (Lipinski definition) is 2. The predicted molar refractivity (Wildman–Crippen MR) is 66.9 cm³/mol. The van der Waals surface area contributed by atoms with E-state index < -0.39 is 0 Å². The van der Waals surface area contributed by atoms with Crippen LogP contribution in [-0.4, -0.2) is 16.1 Å². The normalized spacial score (nSPS) is 10.2. The molecule has 0 bridgehead atoms. The minimum Gasteiger partial charge on any atom is -0.326 e. The number of nitrogens with one attached hydrogen (secondary N) is 1. The Morgan fingerprint density at radius 3 is 2.82 bits per heavy atom. The fraction of sp³-hybridized carbons (Fsp3) is 0.182. The van der Waals surface area contributed by atoms with E-state index in [2.05, 4.69) is 15.5 Å². The van der Waals surface area contributed by atoms with E-state index in [0.717, 1.165) is 10.6 Å². The van der Waals surface area contributed by atoms with Crippen molar-refractivity contribution in [1.82, 2.24) is 10.2 Å². The van der Waals surface area contributed by atoms with Crippen molar-refractivity contribution in [2.24, 2.45) is 5.73 Å². The SMILES string of the molecule is Cc1nnc(NC(=O)c2ccccc2CN)s1. The lowest BCUT2D eigenvalue weighted by molar-refractivity contribution is 0.102. The van der Waals surface area contributed by atoms with Gasteiger partial charge in [0.1, 0.15) is 5.01 Å². The summed E-state index contributed by atoms with van der Waals surface area (Å²) in [5, 5.41) is 11.7. The Labute approximate surface area is 103 Å². The predicted octanol–water partition coefficient (Wildman–Crippen LogP) is 1.56. The van der Waals surface area contributed by atoms with Crippen LogP contribution >= 0.6 is 11.3 Å². The van der Waals surface area contributed by atoms with Crippen molar-refractivity contribution in [2.45, 2.75) is 13.5 Å². The lowest BCUT2D eigenvalue weighted by Crippen LogP contribution is -2.15. The van der Waals surface area contributed by atoms with E-state index in [-0.39, 0.29) is 5.91 Å². The van der Waals surface area contributed by atoms with Gasteiger partial charge in [-0.25, -0.2) is 0 Å². The summed E-state index contributed by atoms with van der Waals surface area (Å²) < 4.78 is 0. The number of hydrogen-bond acceptors (Lipinski definition) is 5. The number of nitrogens with two attached hydrogens (primary N) is 1. The Morgan fingerprint density at radius 1 is 1.41 bits per heavy atom. The minimum atomic E-state index is -0.206. The molecule has 1 amide bonds. The van der Waals surface area contributed by atoms with Crippen molar-refractivity contribution in [2.75, 3.05) is 5.32 Å². The molecular weight excluding hydrogens is 236 g/mol. The number of nitrogens with zero attached hydrogens (tertiary/aromatic N) is 2. The fourth-order valence-corrected chi connectivity index (χ4v) is 2.02. The zero-order valence-electron chi connectivity index (χ0n) is 9.30. The molecule has 5 nitrogen and oxygen atoms in total. The van der Waals surface area contributed by atoms with Crippen molar-refractivity contribution in [3.8, 4) is 0 Å². The third-order valence-electron chi connectivity index (χ3n) is 2.23. The third-order valence-corrected chi connectivity index (χ3v) is 2.98. The molecule has 1 aromatic carbocycles. The number of carbonyl (C=O) groups excluding carboxylic acids is 1. The molecule has 2 rings (SSSR count). The largest absolute Gasteiger partial charge is 0.326 e. The lowest BCUT2D eigenvalue weighted by Gasteiger charge is -2.05. The van der Waals surface area contributed by atoms with Gasteiger partial charge in [0.2, 0.25) is 5.13 Å². The van der Waals surface area contributed by atoms with E-state index in [1.807, 2.05) is 19.1 Å². The van der Waals surface area contributed by atoms with E-state index >= 15 is 0 Å². The first-order valence-corrected chi connectivity index (χ1v) is 5.92. The van der Waals surface area contributed by atoms with Gasteiger partial charge in [0, 0.05) is 12.1 Å². The van der Waals surface area contributed by atoms with Crippen LogP contribution in [0.25, 0.3) is 0 Å². The Hall–Kier alpha value is -1.79. The van der Waals surface area contributed by atoms with Gasteiger partial charge in [0.05, 0.1) is 0 Å². The third kappa shape index (κ3) is 2.66. The lowest BCUT2D eigenvalue weighted by atomic mass is 10.1. The van der Waals surface area contributed by atoms with Crippen molar-refractivity contribution in [3.05, 3.63) is 40.4 Å². The number of aromatic nitrogens is 2. The van der Waals surface area contributed by atoms with Crippen LogP contribution in [0.15, 0.2) is 24.3 Å². The summed E-state index contributed by atoms with van der Waals surface area (Å²) in [6.07, 6.45) is 0. The highest BCUT2D eigenvalue weighted by atomic mass is 32.1. The number of carbonyl (C=O) groups is 1. The summed E-state index contributed by atoms with van der Waals surface area (Å²) >= 11 is 1.34. The first kappa shape index (κ1) is 11.7. The van der Waals surface area contributed by atoms with Gasteiger partial charge in [-0.05, 0) is 18.6 Å². The summed E-state index contributed by atoms with van der Waals surface area (Å²) in [6, 6.07) is 7.24. The van der Waals surface area contributed by atoms with E-state index in [1.165, 1.54) is 11.3 Å². The van der Waals surface area contributed by atoms with E-state index in [0.29, 0.717) is 17.2 Å². The van der Waals surface area contributed by atoms with Gasteiger partial charge in [-0.1, -0.05) is 29.5 Å². The van der Waals surface area contributed by atoms with Crippen LogP contribution in [0, 0.1) is 6.92 Å². The maximum Gasteiger partial charge on any atom is 0.257 e. The average molecular weight is 248 g/mol. The Kier molecular flexibility index (Phi) is 3.46. The quantitative estimate of drug-likeness (QED) is 0.863. The number of benzene rings is 1. The molecule has 2 aromatic rings. The monoisotopic (exact) mass is 248 g/mol. The first-order valence-electron chi connectivity index (χ1n) is 5.10. The Balaban J connectivity index is 2.20. The highest BCUT2D eigenvalue weighted by Gasteiger charge is 2.11. The zero-order chi connectivity index (χ0) is 12.3. The molecule has 0 unspecified atom stereocenters. The molecule has 3 N–H and O–H groups in total. The number of rotatable bonds is 3. The molecule has 0 aliphatic heterocycles. The number of anilines is 1. The first-order chi connectivity index (χ1) is 8.20. The van der Waals surface area contributed by atoms with Gasteiger partial charge in [0.25, 0.3) is 5.91 Å². The van der Waals surface area contributed by atoms with Gasteiger partial charge < -0.3 is 5.73 Å². The van der Waals surface area contributed by atoms with Crippen LogP contribution < -0.4 is 11.1 Å². The van der Waals surface area contributed by atoms with Gasteiger partial charge in [-0.3, -0.25) is 10.1 Å². The second kappa shape index (κ2) is 5.03. The summed E-state index contributed by atoms with van der Waals surface area (Å²) in [7, 11) is 0. The molecule has 17 heavy (non-hydrogen) atoms. The van der Waals surface area contributed by atoms with Gasteiger partial charge in [-0.2, -0.15) is 0 Å². The van der Waals surface area contributed by atoms with Gasteiger partial charge in [-0.15, -0.1) is 10.2 Å². The van der Waals surface area contributed by atoms with Crippen LogP contribution in [-0.2, 0) is 6.54 Å². The molecule has 0 saturated carbocycles. The molecule has 0 aliphatic rings. The molecule has 88 valence electrons.